The third-order valence-electron chi connectivity index (χ3n) is 5.87. The quantitative estimate of drug-likeness (QED) is 0.712. The number of carbonyl (C=O) groups is 2. The molecule has 0 radical (unpaired) electrons. The Kier molecular flexibility index (Phi) is 5.64. The lowest BCUT2D eigenvalue weighted by Crippen LogP contribution is -2.43. The van der Waals surface area contributed by atoms with Gasteiger partial charge >= 0.3 is 6.61 Å². The molecule has 2 heterocycles. The van der Waals surface area contributed by atoms with E-state index in [0.717, 1.165) is 0 Å². The lowest BCUT2D eigenvalue weighted by molar-refractivity contribution is -0.121. The second-order valence-corrected chi connectivity index (χ2v) is 8.58. The zero-order chi connectivity index (χ0) is 23.1. The van der Waals surface area contributed by atoms with Crippen LogP contribution in [0.15, 0.2) is 42.5 Å². The van der Waals surface area contributed by atoms with Gasteiger partial charge in [-0.3, -0.25) is 14.5 Å². The van der Waals surface area contributed by atoms with Crippen molar-refractivity contribution < 1.29 is 33.0 Å². The largest absolute Gasteiger partial charge is 0.435 e. The maximum Gasteiger partial charge on any atom is 0.387 e. The van der Waals surface area contributed by atoms with E-state index in [4.69, 9.17) is 4.74 Å². The molecule has 4 rings (SSSR count). The van der Waals surface area contributed by atoms with Crippen molar-refractivity contribution in [1.82, 2.24) is 5.32 Å². The highest BCUT2D eigenvalue weighted by Gasteiger charge is 2.45. The zero-order valence-corrected chi connectivity index (χ0v) is 17.7. The van der Waals surface area contributed by atoms with Gasteiger partial charge in [0.15, 0.2) is 0 Å². The van der Waals surface area contributed by atoms with Crippen LogP contribution in [0.5, 0.6) is 5.75 Å². The number of aliphatic hydroxyl groups is 1. The van der Waals surface area contributed by atoms with Gasteiger partial charge in [0.25, 0.3) is 5.91 Å². The van der Waals surface area contributed by atoms with Gasteiger partial charge in [0.1, 0.15) is 11.4 Å². The van der Waals surface area contributed by atoms with Gasteiger partial charge in [-0.1, -0.05) is 6.07 Å². The van der Waals surface area contributed by atoms with Gasteiger partial charge in [0.05, 0.1) is 23.4 Å². The molecule has 0 aromatic heterocycles. The van der Waals surface area contributed by atoms with E-state index in [1.807, 2.05) is 0 Å². The summed E-state index contributed by atoms with van der Waals surface area (Å²) in [7, 11) is 0. The first-order chi connectivity index (χ1) is 15.1. The number of rotatable bonds is 6. The van der Waals surface area contributed by atoms with E-state index in [1.54, 1.807) is 38.1 Å². The van der Waals surface area contributed by atoms with Gasteiger partial charge in [0.2, 0.25) is 5.91 Å². The third-order valence-corrected chi connectivity index (χ3v) is 5.87. The maximum absolute atomic E-state index is 13.2. The lowest BCUT2D eigenvalue weighted by Gasteiger charge is -2.21. The number of halogens is 2. The highest BCUT2D eigenvalue weighted by atomic mass is 19.3. The molecular weight excluding hydrogens is 422 g/mol. The van der Waals surface area contributed by atoms with Crippen LogP contribution in [0.4, 0.5) is 20.2 Å². The van der Waals surface area contributed by atoms with Crippen LogP contribution in [-0.4, -0.2) is 48.9 Å². The Bertz CT molecular complexity index is 1050. The second-order valence-electron chi connectivity index (χ2n) is 8.58. The first kappa shape index (κ1) is 22.2. The minimum Gasteiger partial charge on any atom is -0.435 e. The van der Waals surface area contributed by atoms with E-state index in [1.165, 1.54) is 23.1 Å². The van der Waals surface area contributed by atoms with Gasteiger partial charge in [-0.15, -0.1) is 0 Å². The number of nitrogens with one attached hydrogen (secondary N) is 1. The zero-order valence-electron chi connectivity index (χ0n) is 17.7. The van der Waals surface area contributed by atoms with Crippen molar-refractivity contribution in [2.45, 2.75) is 37.9 Å². The monoisotopic (exact) mass is 446 g/mol. The van der Waals surface area contributed by atoms with E-state index in [2.05, 4.69) is 10.1 Å². The number of carbonyl (C=O) groups excluding carboxylic acids is 2. The van der Waals surface area contributed by atoms with Gasteiger partial charge in [-0.05, 0) is 49.7 Å². The fourth-order valence-electron chi connectivity index (χ4n) is 4.01. The molecule has 0 aliphatic carbocycles. The Hall–Kier alpha value is -3.04. The standard InChI is InChI=1S/C23H24F2N2O5/c1-22(2)17-10-14(19(28)26-12-23(30)8-9-31-13-23)6-7-18(17)27(20(22)29)15-4-3-5-16(11-15)32-21(24)25/h3-7,10-11,21,30H,8-9,12-13H2,1-2H3,(H,26,28). The van der Waals surface area contributed by atoms with Crippen LogP contribution in [0.1, 0.15) is 36.2 Å². The van der Waals surface area contributed by atoms with E-state index in [9.17, 15) is 23.5 Å². The smallest absolute Gasteiger partial charge is 0.387 e. The van der Waals surface area contributed by atoms with E-state index >= 15 is 0 Å². The van der Waals surface area contributed by atoms with Crippen molar-refractivity contribution in [3.8, 4) is 5.75 Å². The average molecular weight is 446 g/mol. The number of amides is 2. The van der Waals surface area contributed by atoms with Crippen LogP contribution < -0.4 is 15.0 Å². The predicted octanol–water partition coefficient (Wildman–Crippen LogP) is 3.13. The molecule has 0 bridgehead atoms. The Morgan fingerprint density at radius 1 is 1.28 bits per heavy atom. The van der Waals surface area contributed by atoms with Crippen molar-refractivity contribution in [3.05, 3.63) is 53.6 Å². The molecular formula is C23H24F2N2O5. The highest BCUT2D eigenvalue weighted by Crippen LogP contribution is 2.46. The third kappa shape index (κ3) is 4.05. The van der Waals surface area contributed by atoms with E-state index in [-0.39, 0.29) is 30.7 Å². The SMILES string of the molecule is CC1(C)C(=O)N(c2cccc(OC(F)F)c2)c2ccc(C(=O)NCC3(O)CCOC3)cc21. The number of ether oxygens (including phenoxy) is 2. The van der Waals surface area contributed by atoms with Crippen LogP contribution in [0.25, 0.3) is 0 Å². The van der Waals surface area contributed by atoms with Crippen molar-refractivity contribution in [2.24, 2.45) is 0 Å². The summed E-state index contributed by atoms with van der Waals surface area (Å²) in [5.41, 5.74) is -0.0805. The molecule has 2 N–H and O–H groups in total. The number of hydrogen-bond donors (Lipinski definition) is 2. The molecule has 1 fully saturated rings. The van der Waals surface area contributed by atoms with Gasteiger partial charge in [-0.2, -0.15) is 8.78 Å². The summed E-state index contributed by atoms with van der Waals surface area (Å²) >= 11 is 0. The first-order valence-electron chi connectivity index (χ1n) is 10.2. The van der Waals surface area contributed by atoms with Crippen LogP contribution in [0.2, 0.25) is 0 Å². The Morgan fingerprint density at radius 2 is 2.06 bits per heavy atom. The second kappa shape index (κ2) is 8.14. The molecule has 1 unspecified atom stereocenters. The summed E-state index contributed by atoms with van der Waals surface area (Å²) in [5.74, 6) is -0.680. The molecule has 2 aromatic rings. The number of hydrogen-bond acceptors (Lipinski definition) is 5. The number of alkyl halides is 2. The molecule has 32 heavy (non-hydrogen) atoms. The number of anilines is 2. The minimum absolute atomic E-state index is 0.0543. The minimum atomic E-state index is -2.97. The fraction of sp³-hybridized carbons (Fsp3) is 0.391. The van der Waals surface area contributed by atoms with Gasteiger partial charge in [-0.25, -0.2) is 0 Å². The van der Waals surface area contributed by atoms with Crippen molar-refractivity contribution in [3.63, 3.8) is 0 Å². The van der Waals surface area contributed by atoms with Crippen molar-refractivity contribution in [2.75, 3.05) is 24.7 Å². The first-order valence-corrected chi connectivity index (χ1v) is 10.2. The Morgan fingerprint density at radius 3 is 2.75 bits per heavy atom. The van der Waals surface area contributed by atoms with Crippen LogP contribution in [0, 0.1) is 0 Å². The Balaban J connectivity index is 1.61. The summed E-state index contributed by atoms with van der Waals surface area (Å²) in [6.07, 6.45) is 0.447. The predicted molar refractivity (Wildman–Crippen MR) is 112 cm³/mol. The molecule has 170 valence electrons. The van der Waals surface area contributed by atoms with Crippen molar-refractivity contribution in [1.29, 1.82) is 0 Å². The van der Waals surface area contributed by atoms with Gasteiger partial charge < -0.3 is 19.9 Å². The molecule has 0 saturated carbocycles. The topological polar surface area (TPSA) is 88.1 Å². The summed E-state index contributed by atoms with van der Waals surface area (Å²) < 4.78 is 34.9. The lowest BCUT2D eigenvalue weighted by atomic mass is 9.85. The van der Waals surface area contributed by atoms with Crippen LogP contribution in [0.3, 0.4) is 0 Å². The average Bonchev–Trinajstić information content (AvgIpc) is 3.26. The van der Waals surface area contributed by atoms with E-state index in [0.29, 0.717) is 35.5 Å². The molecule has 9 heteroatoms. The highest BCUT2D eigenvalue weighted by molar-refractivity contribution is 6.13. The fourth-order valence-corrected chi connectivity index (χ4v) is 4.01. The molecule has 2 amide bonds. The molecule has 2 aliphatic rings. The Labute approximate surface area is 183 Å². The number of fused-ring (bicyclic) bond motifs is 1. The van der Waals surface area contributed by atoms with E-state index < -0.39 is 17.6 Å². The summed E-state index contributed by atoms with van der Waals surface area (Å²) in [6.45, 7) is 1.19. The van der Waals surface area contributed by atoms with Gasteiger partial charge in [0, 0.05) is 31.2 Å². The van der Waals surface area contributed by atoms with Crippen molar-refractivity contribution >= 4 is 23.2 Å². The number of benzene rings is 2. The summed E-state index contributed by atoms with van der Waals surface area (Å²) in [4.78, 5) is 27.4. The molecule has 7 nitrogen and oxygen atoms in total. The molecule has 2 aromatic carbocycles. The number of nitrogens with zero attached hydrogens (tertiary/aromatic N) is 1. The maximum atomic E-state index is 13.2. The van der Waals surface area contributed by atoms with Crippen LogP contribution in [-0.2, 0) is 14.9 Å². The summed E-state index contributed by atoms with van der Waals surface area (Å²) in [5, 5.41) is 13.1. The molecule has 0 spiro atoms. The molecule has 1 atom stereocenters. The van der Waals surface area contributed by atoms with Crippen LogP contribution >= 0.6 is 0 Å². The molecule has 2 aliphatic heterocycles. The normalized spacial score (nSPS) is 21.7. The summed E-state index contributed by atoms with van der Waals surface area (Å²) in [6, 6.07) is 10.8. The molecule has 1 saturated heterocycles.